The first-order valence-electron chi connectivity index (χ1n) is 12.3. The third-order valence-corrected chi connectivity index (χ3v) is 6.63. The molecular weight excluding hydrogens is 534 g/mol. The van der Waals surface area contributed by atoms with Crippen LogP contribution in [0, 0.1) is 0 Å². The Morgan fingerprint density at radius 1 is 1.02 bits per heavy atom. The highest BCUT2D eigenvalue weighted by Crippen LogP contribution is 2.32. The zero-order valence-electron chi connectivity index (χ0n) is 21.3. The summed E-state index contributed by atoms with van der Waals surface area (Å²) in [6.45, 7) is 0.357. The first kappa shape index (κ1) is 26.6. The van der Waals surface area contributed by atoms with Crippen LogP contribution in [0.3, 0.4) is 0 Å². The summed E-state index contributed by atoms with van der Waals surface area (Å²) in [5.41, 5.74) is 4.06. The Bertz CT molecular complexity index is 1570. The molecule has 2 heterocycles. The zero-order chi connectivity index (χ0) is 28.1. The number of tetrazole rings is 1. The number of rotatable bonds is 6. The van der Waals surface area contributed by atoms with Crippen LogP contribution in [0.25, 0.3) is 11.8 Å². The second kappa shape index (κ2) is 11.8. The van der Waals surface area contributed by atoms with Crippen LogP contribution in [0.4, 0.5) is 16.2 Å². The van der Waals surface area contributed by atoms with Crippen molar-refractivity contribution >= 4 is 47.0 Å². The van der Waals surface area contributed by atoms with Crippen LogP contribution in [0.2, 0.25) is 5.02 Å². The van der Waals surface area contributed by atoms with E-state index >= 15 is 0 Å². The minimum absolute atomic E-state index is 0.338. The molecule has 1 atom stereocenters. The highest BCUT2D eigenvalue weighted by molar-refractivity contribution is 6.30. The number of ether oxygens (including phenoxy) is 1. The van der Waals surface area contributed by atoms with Crippen molar-refractivity contribution in [3.63, 3.8) is 0 Å². The lowest BCUT2D eigenvalue weighted by molar-refractivity contribution is -0.135. The number of methoxy groups -OCH3 is 1. The zero-order valence-corrected chi connectivity index (χ0v) is 22.1. The summed E-state index contributed by atoms with van der Waals surface area (Å²) in [5, 5.41) is 17.2. The molecule has 0 aliphatic carbocycles. The van der Waals surface area contributed by atoms with Crippen LogP contribution in [-0.4, -0.2) is 56.7 Å². The van der Waals surface area contributed by atoms with Gasteiger partial charge in [0.2, 0.25) is 5.91 Å². The second-order valence-electron chi connectivity index (χ2n) is 8.86. The van der Waals surface area contributed by atoms with Crippen LogP contribution in [-0.2, 0) is 20.7 Å². The van der Waals surface area contributed by atoms with Gasteiger partial charge in [-0.3, -0.25) is 14.9 Å². The smallest absolute Gasteiger partial charge is 0.411 e. The predicted octanol–water partition coefficient (Wildman–Crippen LogP) is 4.27. The molecular formula is C28H24ClN7O4. The van der Waals surface area contributed by atoms with Crippen molar-refractivity contribution in [2.45, 2.75) is 12.5 Å². The summed E-state index contributed by atoms with van der Waals surface area (Å²) in [6, 6.07) is 18.5. The molecule has 1 aliphatic rings. The minimum Gasteiger partial charge on any atom is -0.453 e. The molecule has 12 heteroatoms. The van der Waals surface area contributed by atoms with Gasteiger partial charge in [0, 0.05) is 34.6 Å². The van der Waals surface area contributed by atoms with Crippen LogP contribution in [0.5, 0.6) is 0 Å². The van der Waals surface area contributed by atoms with Gasteiger partial charge in [0.1, 0.15) is 12.4 Å². The Labute approximate surface area is 234 Å². The number of carbonyl (C=O) groups is 3. The lowest BCUT2D eigenvalue weighted by Crippen LogP contribution is -2.44. The van der Waals surface area contributed by atoms with Crippen molar-refractivity contribution in [2.24, 2.45) is 0 Å². The van der Waals surface area contributed by atoms with Gasteiger partial charge in [-0.2, -0.15) is 4.68 Å². The van der Waals surface area contributed by atoms with Gasteiger partial charge in [-0.1, -0.05) is 35.9 Å². The molecule has 0 fully saturated rings. The molecule has 202 valence electrons. The second-order valence-corrected chi connectivity index (χ2v) is 9.29. The average Bonchev–Trinajstić information content (AvgIpc) is 3.51. The van der Waals surface area contributed by atoms with Crippen molar-refractivity contribution < 1.29 is 19.1 Å². The van der Waals surface area contributed by atoms with E-state index < -0.39 is 12.1 Å². The fraction of sp³-hybridized carbons (Fsp3) is 0.143. The maximum atomic E-state index is 13.6. The van der Waals surface area contributed by atoms with E-state index in [1.54, 1.807) is 53.4 Å². The molecule has 4 aromatic rings. The van der Waals surface area contributed by atoms with E-state index in [9.17, 15) is 14.4 Å². The van der Waals surface area contributed by atoms with E-state index in [0.717, 1.165) is 11.1 Å². The number of anilines is 2. The molecule has 0 saturated heterocycles. The van der Waals surface area contributed by atoms with Crippen LogP contribution in [0.1, 0.15) is 22.7 Å². The van der Waals surface area contributed by atoms with E-state index in [0.29, 0.717) is 40.6 Å². The number of fused-ring (bicyclic) bond motifs is 1. The fourth-order valence-electron chi connectivity index (χ4n) is 4.50. The molecule has 3 aromatic carbocycles. The maximum absolute atomic E-state index is 13.6. The summed E-state index contributed by atoms with van der Waals surface area (Å²) in [7, 11) is 1.27. The average molecular weight is 558 g/mol. The summed E-state index contributed by atoms with van der Waals surface area (Å²) < 4.78 is 6.07. The number of benzene rings is 3. The molecule has 5 rings (SSSR count). The highest BCUT2D eigenvalue weighted by Gasteiger charge is 2.35. The van der Waals surface area contributed by atoms with Crippen LogP contribution in [0.15, 0.2) is 79.1 Å². The number of amides is 3. The molecule has 1 aromatic heterocycles. The molecule has 0 saturated carbocycles. The number of halogens is 1. The first-order valence-corrected chi connectivity index (χ1v) is 12.7. The summed E-state index contributed by atoms with van der Waals surface area (Å²) in [6.07, 6.45) is 4.51. The predicted molar refractivity (Wildman–Crippen MR) is 149 cm³/mol. The lowest BCUT2D eigenvalue weighted by Gasteiger charge is -2.35. The topological polar surface area (TPSA) is 131 Å². The number of aromatic nitrogens is 4. The molecule has 1 unspecified atom stereocenters. The van der Waals surface area contributed by atoms with Gasteiger partial charge >= 0.3 is 6.09 Å². The van der Waals surface area contributed by atoms with E-state index in [2.05, 4.69) is 30.9 Å². The van der Waals surface area contributed by atoms with Crippen LogP contribution < -0.4 is 10.6 Å². The number of nitrogens with one attached hydrogen (secondary N) is 2. The van der Waals surface area contributed by atoms with Gasteiger partial charge in [-0.15, -0.1) is 5.10 Å². The Morgan fingerprint density at radius 2 is 1.77 bits per heavy atom. The first-order chi connectivity index (χ1) is 19.4. The number of hydrogen-bond donors (Lipinski definition) is 2. The monoisotopic (exact) mass is 557 g/mol. The quantitative estimate of drug-likeness (QED) is 0.338. The molecule has 2 N–H and O–H groups in total. The largest absolute Gasteiger partial charge is 0.453 e. The molecule has 3 amide bonds. The van der Waals surface area contributed by atoms with Crippen LogP contribution >= 0.6 is 11.6 Å². The third kappa shape index (κ3) is 5.84. The summed E-state index contributed by atoms with van der Waals surface area (Å²) >= 11 is 6.21. The van der Waals surface area contributed by atoms with Crippen molar-refractivity contribution in [3.8, 4) is 5.69 Å². The normalized spacial score (nSPS) is 14.4. The van der Waals surface area contributed by atoms with E-state index in [-0.39, 0.29) is 11.8 Å². The molecule has 0 radical (unpaired) electrons. The SMILES string of the molecule is COC(=O)Nc1ccc(NC(=O)C2c3ccccc3CCN2C(=O)C=Cc2cc(Cl)ccc2-n2cnnn2)cc1. The Hall–Kier alpha value is -5.03. The van der Waals surface area contributed by atoms with Gasteiger partial charge in [-0.25, -0.2) is 4.79 Å². The molecule has 1 aliphatic heterocycles. The van der Waals surface area contributed by atoms with E-state index in [1.165, 1.54) is 24.2 Å². The number of carbonyl (C=O) groups excluding carboxylic acids is 3. The van der Waals surface area contributed by atoms with Gasteiger partial charge in [0.15, 0.2) is 0 Å². The molecule has 0 spiro atoms. The van der Waals surface area contributed by atoms with E-state index in [4.69, 9.17) is 11.6 Å². The number of nitrogens with zero attached hydrogens (tertiary/aromatic N) is 5. The third-order valence-electron chi connectivity index (χ3n) is 6.39. The van der Waals surface area contributed by atoms with Crippen molar-refractivity contribution in [1.29, 1.82) is 0 Å². The minimum atomic E-state index is -0.853. The Balaban J connectivity index is 1.40. The van der Waals surface area contributed by atoms with Crippen molar-refractivity contribution in [1.82, 2.24) is 25.1 Å². The maximum Gasteiger partial charge on any atom is 0.411 e. The summed E-state index contributed by atoms with van der Waals surface area (Å²) in [4.78, 5) is 40.1. The Morgan fingerprint density at radius 3 is 2.50 bits per heavy atom. The summed E-state index contributed by atoms with van der Waals surface area (Å²) in [5.74, 6) is -0.699. The lowest BCUT2D eigenvalue weighted by atomic mass is 9.91. The Kier molecular flexibility index (Phi) is 7.83. The molecule has 11 nitrogen and oxygen atoms in total. The van der Waals surface area contributed by atoms with Crippen molar-refractivity contribution in [3.05, 3.63) is 101 Å². The standard InChI is InChI=1S/C28H24ClN7O4/c1-40-28(39)32-22-10-8-21(9-11-22)31-27(38)26-23-5-3-2-4-18(23)14-15-35(26)25(37)13-6-19-16-20(29)7-12-24(19)36-17-30-33-34-36/h2-13,16-17,26H,14-15H2,1H3,(H,31,38)(H,32,39). The van der Waals surface area contributed by atoms with Crippen molar-refractivity contribution in [2.75, 3.05) is 24.3 Å². The number of hydrogen-bond acceptors (Lipinski definition) is 7. The van der Waals surface area contributed by atoms with Gasteiger partial charge in [-0.05, 0) is 76.5 Å². The molecule has 0 bridgehead atoms. The molecule has 40 heavy (non-hydrogen) atoms. The van der Waals surface area contributed by atoms with E-state index in [1.807, 2.05) is 24.3 Å². The fourth-order valence-corrected chi connectivity index (χ4v) is 4.68. The van der Waals surface area contributed by atoms with Gasteiger partial charge in [0.25, 0.3) is 5.91 Å². The van der Waals surface area contributed by atoms with Gasteiger partial charge < -0.3 is 15.0 Å². The highest BCUT2D eigenvalue weighted by atomic mass is 35.5. The van der Waals surface area contributed by atoms with Gasteiger partial charge in [0.05, 0.1) is 12.8 Å².